The molecule has 0 aliphatic carbocycles. The summed E-state index contributed by atoms with van der Waals surface area (Å²) < 4.78 is 40.9. The van der Waals surface area contributed by atoms with Gasteiger partial charge in [0.25, 0.3) is 5.56 Å². The van der Waals surface area contributed by atoms with E-state index in [0.29, 0.717) is 17.3 Å². The Hall–Kier alpha value is -3.49. The Kier molecular flexibility index (Phi) is 5.02. The number of hydrogen-bond donors (Lipinski definition) is 1. The summed E-state index contributed by atoms with van der Waals surface area (Å²) in [5, 5.41) is 6.27. The summed E-state index contributed by atoms with van der Waals surface area (Å²) in [6.07, 6.45) is 3.12. The molecule has 3 rings (SSSR count). The van der Waals surface area contributed by atoms with Gasteiger partial charge in [-0.25, -0.2) is 17.9 Å². The van der Waals surface area contributed by atoms with Crippen LogP contribution in [0, 0.1) is 17.5 Å². The molecule has 0 saturated carbocycles. The van der Waals surface area contributed by atoms with E-state index in [4.69, 9.17) is 0 Å². The first kappa shape index (κ1) is 18.3. The lowest BCUT2D eigenvalue weighted by molar-refractivity contribution is -0.119. The minimum Gasteiger partial charge on any atom is -0.322 e. The van der Waals surface area contributed by atoms with E-state index in [1.165, 1.54) is 19.1 Å². The number of rotatable bonds is 4. The van der Waals surface area contributed by atoms with Gasteiger partial charge in [0.1, 0.15) is 6.04 Å². The van der Waals surface area contributed by atoms with E-state index in [0.717, 1.165) is 10.7 Å². The van der Waals surface area contributed by atoms with Crippen LogP contribution in [0.4, 0.5) is 18.9 Å². The minimum atomic E-state index is -1.70. The Morgan fingerprint density at radius 3 is 2.59 bits per heavy atom. The van der Waals surface area contributed by atoms with Gasteiger partial charge >= 0.3 is 0 Å². The Labute approximate surface area is 151 Å². The summed E-state index contributed by atoms with van der Waals surface area (Å²) in [5.74, 6) is -5.42. The lowest BCUT2D eigenvalue weighted by Gasteiger charge is -2.15. The molecule has 0 fully saturated rings. The first-order valence-electron chi connectivity index (χ1n) is 7.83. The second-order valence-corrected chi connectivity index (χ2v) is 5.63. The highest BCUT2D eigenvalue weighted by atomic mass is 19.2. The summed E-state index contributed by atoms with van der Waals surface area (Å²) in [7, 11) is 0. The SMILES string of the molecule is CC(C(=O)Nc1ccc(F)c(F)c1F)n1nc(-c2cccnc2)ccc1=O. The number of anilines is 1. The maximum atomic E-state index is 13.7. The van der Waals surface area contributed by atoms with Crippen LogP contribution < -0.4 is 10.9 Å². The van der Waals surface area contributed by atoms with Crippen LogP contribution >= 0.6 is 0 Å². The Morgan fingerprint density at radius 1 is 1.11 bits per heavy atom. The van der Waals surface area contributed by atoms with Gasteiger partial charge in [-0.15, -0.1) is 0 Å². The van der Waals surface area contributed by atoms with Gasteiger partial charge in [-0.05, 0) is 37.3 Å². The Balaban J connectivity index is 1.89. The smallest absolute Gasteiger partial charge is 0.267 e. The maximum absolute atomic E-state index is 13.7. The van der Waals surface area contributed by atoms with Crippen molar-refractivity contribution in [1.82, 2.24) is 14.8 Å². The Bertz CT molecular complexity index is 1050. The highest BCUT2D eigenvalue weighted by Gasteiger charge is 2.21. The molecule has 0 radical (unpaired) electrons. The number of aromatic nitrogens is 3. The van der Waals surface area contributed by atoms with E-state index in [1.54, 1.807) is 24.5 Å². The molecule has 0 aliphatic rings. The fourth-order valence-electron chi connectivity index (χ4n) is 2.34. The molecule has 0 saturated heterocycles. The number of carbonyl (C=O) groups is 1. The molecule has 0 aliphatic heterocycles. The van der Waals surface area contributed by atoms with Crippen LogP contribution in [0.2, 0.25) is 0 Å². The van der Waals surface area contributed by atoms with Crippen LogP contribution in [0.1, 0.15) is 13.0 Å². The number of hydrogen-bond acceptors (Lipinski definition) is 4. The zero-order chi connectivity index (χ0) is 19.6. The fraction of sp³-hybridized carbons (Fsp3) is 0.111. The molecule has 0 bridgehead atoms. The lowest BCUT2D eigenvalue weighted by Crippen LogP contribution is -2.33. The molecule has 3 aromatic rings. The zero-order valence-corrected chi connectivity index (χ0v) is 14.0. The van der Waals surface area contributed by atoms with Gasteiger partial charge in [0.2, 0.25) is 5.91 Å². The van der Waals surface area contributed by atoms with Crippen molar-refractivity contribution < 1.29 is 18.0 Å². The number of halogens is 3. The molecule has 1 unspecified atom stereocenters. The van der Waals surface area contributed by atoms with Crippen molar-refractivity contribution in [2.75, 3.05) is 5.32 Å². The van der Waals surface area contributed by atoms with Gasteiger partial charge in [-0.1, -0.05) is 0 Å². The molecule has 1 amide bonds. The van der Waals surface area contributed by atoms with Gasteiger partial charge in [-0.3, -0.25) is 14.6 Å². The summed E-state index contributed by atoms with van der Waals surface area (Å²) in [6, 6.07) is 6.57. The van der Waals surface area contributed by atoms with E-state index in [2.05, 4.69) is 15.4 Å². The molecular weight excluding hydrogens is 361 g/mol. The first-order valence-corrected chi connectivity index (χ1v) is 7.83. The number of nitrogens with zero attached hydrogens (tertiary/aromatic N) is 3. The van der Waals surface area contributed by atoms with Gasteiger partial charge in [0.05, 0.1) is 11.4 Å². The van der Waals surface area contributed by atoms with Gasteiger partial charge in [-0.2, -0.15) is 5.10 Å². The number of pyridine rings is 1. The first-order chi connectivity index (χ1) is 12.9. The van der Waals surface area contributed by atoms with Crippen molar-refractivity contribution in [3.05, 3.63) is 76.6 Å². The van der Waals surface area contributed by atoms with Crippen molar-refractivity contribution in [1.29, 1.82) is 0 Å². The molecular formula is C18H13F3N4O2. The van der Waals surface area contributed by atoms with Crippen LogP contribution in [-0.4, -0.2) is 20.7 Å². The third-order valence-corrected chi connectivity index (χ3v) is 3.82. The normalized spacial score (nSPS) is 11.9. The van der Waals surface area contributed by atoms with Crippen LogP contribution in [0.5, 0.6) is 0 Å². The van der Waals surface area contributed by atoms with Gasteiger partial charge < -0.3 is 5.32 Å². The quantitative estimate of drug-likeness (QED) is 0.713. The monoisotopic (exact) mass is 374 g/mol. The highest BCUT2D eigenvalue weighted by molar-refractivity contribution is 5.93. The van der Waals surface area contributed by atoms with E-state index in [-0.39, 0.29) is 0 Å². The van der Waals surface area contributed by atoms with Crippen molar-refractivity contribution in [2.24, 2.45) is 0 Å². The lowest BCUT2D eigenvalue weighted by atomic mass is 10.2. The number of benzene rings is 1. The molecule has 9 heteroatoms. The minimum absolute atomic E-state index is 0.404. The molecule has 6 nitrogen and oxygen atoms in total. The van der Waals surface area contributed by atoms with Crippen molar-refractivity contribution in [2.45, 2.75) is 13.0 Å². The standard InChI is InChI=1S/C18H13F3N4O2/c1-10(18(27)23-14-5-4-12(19)16(20)17(14)21)25-15(26)7-6-13(24-25)11-3-2-8-22-9-11/h2-10H,1H3,(H,23,27). The maximum Gasteiger partial charge on any atom is 0.267 e. The van der Waals surface area contributed by atoms with Crippen LogP contribution in [0.25, 0.3) is 11.3 Å². The van der Waals surface area contributed by atoms with Crippen LogP contribution in [-0.2, 0) is 4.79 Å². The second kappa shape index (κ2) is 7.40. The third-order valence-electron chi connectivity index (χ3n) is 3.82. The molecule has 1 aromatic carbocycles. The average molecular weight is 374 g/mol. The highest BCUT2D eigenvalue weighted by Crippen LogP contribution is 2.21. The van der Waals surface area contributed by atoms with Gasteiger partial charge in [0, 0.05) is 24.0 Å². The molecule has 27 heavy (non-hydrogen) atoms. The number of amides is 1. The van der Waals surface area contributed by atoms with E-state index in [1.807, 2.05) is 0 Å². The average Bonchev–Trinajstić information content (AvgIpc) is 2.69. The third kappa shape index (κ3) is 3.71. The van der Waals surface area contributed by atoms with E-state index < -0.39 is 40.6 Å². The number of carbonyl (C=O) groups excluding carboxylic acids is 1. The molecule has 2 heterocycles. The van der Waals surface area contributed by atoms with Crippen LogP contribution in [0.3, 0.4) is 0 Å². The van der Waals surface area contributed by atoms with Crippen molar-refractivity contribution in [3.8, 4) is 11.3 Å². The molecule has 1 N–H and O–H groups in total. The summed E-state index contributed by atoms with van der Waals surface area (Å²) in [5.41, 5.74) is -0.0647. The zero-order valence-electron chi connectivity index (χ0n) is 14.0. The second-order valence-electron chi connectivity index (χ2n) is 5.63. The summed E-state index contributed by atoms with van der Waals surface area (Å²) in [6.45, 7) is 1.37. The predicted molar refractivity (Wildman–Crippen MR) is 91.4 cm³/mol. The molecule has 138 valence electrons. The molecule has 1 atom stereocenters. The molecule has 0 spiro atoms. The van der Waals surface area contributed by atoms with Gasteiger partial charge in [0.15, 0.2) is 17.5 Å². The summed E-state index contributed by atoms with van der Waals surface area (Å²) >= 11 is 0. The van der Waals surface area contributed by atoms with E-state index in [9.17, 15) is 22.8 Å². The van der Waals surface area contributed by atoms with Crippen LogP contribution in [0.15, 0.2) is 53.6 Å². The fourth-order valence-corrected chi connectivity index (χ4v) is 2.34. The Morgan fingerprint density at radius 2 is 1.89 bits per heavy atom. The largest absolute Gasteiger partial charge is 0.322 e. The van der Waals surface area contributed by atoms with E-state index >= 15 is 0 Å². The predicted octanol–water partition coefficient (Wildman–Crippen LogP) is 2.92. The summed E-state index contributed by atoms with van der Waals surface area (Å²) in [4.78, 5) is 28.4. The number of nitrogens with one attached hydrogen (secondary N) is 1. The topological polar surface area (TPSA) is 76.9 Å². The van der Waals surface area contributed by atoms with Crippen molar-refractivity contribution in [3.63, 3.8) is 0 Å². The van der Waals surface area contributed by atoms with Crippen molar-refractivity contribution >= 4 is 11.6 Å². The molecule has 2 aromatic heterocycles.